The van der Waals surface area contributed by atoms with Gasteiger partial charge in [0.2, 0.25) is 10.0 Å². The normalized spacial score (nSPS) is 19.8. The van der Waals surface area contributed by atoms with Gasteiger partial charge < -0.3 is 11.1 Å². The smallest absolute Gasteiger partial charge is 0.251 e. The third-order valence-corrected chi connectivity index (χ3v) is 6.54. The number of aryl methyl sites for hydroxylation is 1. The Morgan fingerprint density at radius 1 is 1.40 bits per heavy atom. The number of sulfonamides is 1. The molecule has 142 valence electrons. The van der Waals surface area contributed by atoms with Gasteiger partial charge in [-0.05, 0) is 51.3 Å². The molecule has 0 spiro atoms. The predicted molar refractivity (Wildman–Crippen MR) is 102 cm³/mol. The van der Waals surface area contributed by atoms with E-state index in [4.69, 9.17) is 5.73 Å². The molecule has 0 bridgehead atoms. The third-order valence-electron chi connectivity index (χ3n) is 4.53. The van der Waals surface area contributed by atoms with Gasteiger partial charge in [-0.1, -0.05) is 12.5 Å². The van der Waals surface area contributed by atoms with Crippen LogP contribution in [0.2, 0.25) is 0 Å². The van der Waals surface area contributed by atoms with Crippen molar-refractivity contribution in [3.63, 3.8) is 0 Å². The molecule has 1 saturated heterocycles. The first-order valence-electron chi connectivity index (χ1n) is 8.40. The van der Waals surface area contributed by atoms with Crippen LogP contribution in [0.1, 0.15) is 49.0 Å². The molecular weight excluding hydrogens is 362 g/mol. The standard InChI is InChI=1S/C17H27N3O3S.ClH/c1-12-7-8-15(10-16(12)17(21)19-13(2)11-18)24(22,23)20-9-5-4-6-14(20)3;/h7-8,10,13-14H,4-6,9,11,18H2,1-3H3,(H,19,21);1H/t13-,14?;/m0./s1. The van der Waals surface area contributed by atoms with Crippen LogP contribution < -0.4 is 11.1 Å². The number of piperidine rings is 1. The van der Waals surface area contributed by atoms with E-state index in [0.717, 1.165) is 24.8 Å². The molecule has 1 fully saturated rings. The lowest BCUT2D eigenvalue weighted by molar-refractivity contribution is 0.0940. The van der Waals surface area contributed by atoms with Crippen molar-refractivity contribution in [1.29, 1.82) is 0 Å². The lowest BCUT2D eigenvalue weighted by Gasteiger charge is -2.32. The van der Waals surface area contributed by atoms with Crippen molar-refractivity contribution in [1.82, 2.24) is 9.62 Å². The number of nitrogens with two attached hydrogens (primary N) is 1. The number of carbonyl (C=O) groups excluding carboxylic acids is 1. The second-order valence-corrected chi connectivity index (χ2v) is 8.44. The van der Waals surface area contributed by atoms with E-state index < -0.39 is 10.0 Å². The Hall–Kier alpha value is -1.15. The molecule has 0 aromatic heterocycles. The van der Waals surface area contributed by atoms with E-state index in [1.54, 1.807) is 23.4 Å². The fraction of sp³-hybridized carbons (Fsp3) is 0.588. The predicted octanol–water partition coefficient (Wildman–Crippen LogP) is 2.06. The molecule has 1 aromatic carbocycles. The number of benzene rings is 1. The quantitative estimate of drug-likeness (QED) is 0.806. The van der Waals surface area contributed by atoms with Gasteiger partial charge in [-0.2, -0.15) is 4.31 Å². The second-order valence-electron chi connectivity index (χ2n) is 6.55. The van der Waals surface area contributed by atoms with Crippen LogP contribution in [0.25, 0.3) is 0 Å². The van der Waals surface area contributed by atoms with Gasteiger partial charge in [-0.25, -0.2) is 8.42 Å². The number of hydrogen-bond acceptors (Lipinski definition) is 4. The summed E-state index contributed by atoms with van der Waals surface area (Å²) < 4.78 is 27.4. The van der Waals surface area contributed by atoms with Gasteiger partial charge in [0.25, 0.3) is 5.91 Å². The highest BCUT2D eigenvalue weighted by Crippen LogP contribution is 2.26. The SMILES string of the molecule is Cc1ccc(S(=O)(=O)N2CCCCC2C)cc1C(=O)N[C@@H](C)CN.Cl. The molecule has 2 rings (SSSR count). The van der Waals surface area contributed by atoms with E-state index >= 15 is 0 Å². The highest BCUT2D eigenvalue weighted by Gasteiger charge is 2.31. The van der Waals surface area contributed by atoms with Crippen LogP contribution in [0.4, 0.5) is 0 Å². The molecule has 1 aliphatic heterocycles. The Labute approximate surface area is 156 Å². The van der Waals surface area contributed by atoms with Crippen molar-refractivity contribution in [3.05, 3.63) is 29.3 Å². The molecule has 3 N–H and O–H groups in total. The lowest BCUT2D eigenvalue weighted by Crippen LogP contribution is -2.42. The maximum atomic E-state index is 12.9. The fourth-order valence-corrected chi connectivity index (χ4v) is 4.66. The number of nitrogens with zero attached hydrogens (tertiary/aromatic N) is 1. The molecule has 25 heavy (non-hydrogen) atoms. The highest BCUT2D eigenvalue weighted by molar-refractivity contribution is 7.89. The first-order valence-corrected chi connectivity index (χ1v) is 9.84. The van der Waals surface area contributed by atoms with Crippen LogP contribution in [0.5, 0.6) is 0 Å². The summed E-state index contributed by atoms with van der Waals surface area (Å²) in [6.45, 7) is 6.39. The van der Waals surface area contributed by atoms with E-state index in [1.807, 2.05) is 13.8 Å². The largest absolute Gasteiger partial charge is 0.348 e. The van der Waals surface area contributed by atoms with Crippen molar-refractivity contribution >= 4 is 28.3 Å². The maximum Gasteiger partial charge on any atom is 0.251 e. The summed E-state index contributed by atoms with van der Waals surface area (Å²) in [5.74, 6) is -0.297. The monoisotopic (exact) mass is 389 g/mol. The summed E-state index contributed by atoms with van der Waals surface area (Å²) in [4.78, 5) is 12.6. The number of amides is 1. The first-order chi connectivity index (χ1) is 11.3. The van der Waals surface area contributed by atoms with Gasteiger partial charge in [0.15, 0.2) is 0 Å². The maximum absolute atomic E-state index is 12.9. The van der Waals surface area contributed by atoms with Gasteiger partial charge in [-0.3, -0.25) is 4.79 Å². The molecule has 0 radical (unpaired) electrons. The average Bonchev–Trinajstić information content (AvgIpc) is 2.55. The van der Waals surface area contributed by atoms with E-state index in [1.165, 1.54) is 6.07 Å². The van der Waals surface area contributed by atoms with Crippen LogP contribution in [-0.4, -0.2) is 43.8 Å². The number of hydrogen-bond donors (Lipinski definition) is 2. The van der Waals surface area contributed by atoms with E-state index in [0.29, 0.717) is 18.7 Å². The zero-order valence-electron chi connectivity index (χ0n) is 15.0. The van der Waals surface area contributed by atoms with Gasteiger partial charge in [0.05, 0.1) is 4.90 Å². The Kier molecular flexibility index (Phi) is 7.87. The van der Waals surface area contributed by atoms with Crippen molar-refractivity contribution in [3.8, 4) is 0 Å². The van der Waals surface area contributed by atoms with Crippen LogP contribution in [0, 0.1) is 6.92 Å². The van der Waals surface area contributed by atoms with Gasteiger partial charge in [-0.15, -0.1) is 12.4 Å². The van der Waals surface area contributed by atoms with Crippen molar-refractivity contribution in [2.75, 3.05) is 13.1 Å². The molecule has 0 saturated carbocycles. The van der Waals surface area contributed by atoms with Crippen LogP contribution in [-0.2, 0) is 10.0 Å². The average molecular weight is 390 g/mol. The van der Waals surface area contributed by atoms with Gasteiger partial charge in [0.1, 0.15) is 0 Å². The molecule has 1 aromatic rings. The summed E-state index contributed by atoms with van der Waals surface area (Å²) in [6, 6.07) is 4.56. The summed E-state index contributed by atoms with van der Waals surface area (Å²) in [5.41, 5.74) is 6.65. The minimum absolute atomic E-state index is 0. The fourth-order valence-electron chi connectivity index (χ4n) is 2.93. The molecule has 1 aliphatic rings. The topological polar surface area (TPSA) is 92.5 Å². The molecular formula is C17H28ClN3O3S. The van der Waals surface area contributed by atoms with E-state index in [2.05, 4.69) is 5.32 Å². The molecule has 6 nitrogen and oxygen atoms in total. The first kappa shape index (κ1) is 21.9. The second kappa shape index (κ2) is 8.98. The zero-order chi connectivity index (χ0) is 17.9. The summed E-state index contributed by atoms with van der Waals surface area (Å²) in [6.07, 6.45) is 2.79. The minimum Gasteiger partial charge on any atom is -0.348 e. The third kappa shape index (κ3) is 4.94. The summed E-state index contributed by atoms with van der Waals surface area (Å²) in [7, 11) is -3.59. The van der Waals surface area contributed by atoms with Crippen molar-refractivity contribution in [2.45, 2.75) is 57.0 Å². The van der Waals surface area contributed by atoms with Gasteiger partial charge >= 0.3 is 0 Å². The summed E-state index contributed by atoms with van der Waals surface area (Å²) in [5, 5.41) is 2.78. The zero-order valence-corrected chi connectivity index (χ0v) is 16.6. The van der Waals surface area contributed by atoms with Crippen LogP contribution >= 0.6 is 12.4 Å². The Morgan fingerprint density at radius 2 is 2.08 bits per heavy atom. The van der Waals surface area contributed by atoms with Crippen molar-refractivity contribution < 1.29 is 13.2 Å². The minimum atomic E-state index is -3.59. The molecule has 1 unspecified atom stereocenters. The van der Waals surface area contributed by atoms with E-state index in [-0.39, 0.29) is 35.3 Å². The highest BCUT2D eigenvalue weighted by atomic mass is 35.5. The lowest BCUT2D eigenvalue weighted by atomic mass is 10.1. The van der Waals surface area contributed by atoms with Crippen LogP contribution in [0.3, 0.4) is 0 Å². The van der Waals surface area contributed by atoms with E-state index in [9.17, 15) is 13.2 Å². The molecule has 8 heteroatoms. The molecule has 1 heterocycles. The summed E-state index contributed by atoms with van der Waals surface area (Å²) >= 11 is 0. The molecule has 1 amide bonds. The Morgan fingerprint density at radius 3 is 2.68 bits per heavy atom. The number of halogens is 1. The number of nitrogens with one attached hydrogen (secondary N) is 1. The molecule has 2 atom stereocenters. The number of carbonyl (C=O) groups is 1. The molecule has 0 aliphatic carbocycles. The number of rotatable bonds is 5. The van der Waals surface area contributed by atoms with Crippen LogP contribution in [0.15, 0.2) is 23.1 Å². The Bertz CT molecular complexity index is 709. The Balaban J connectivity index is 0.00000312. The van der Waals surface area contributed by atoms with Crippen molar-refractivity contribution in [2.24, 2.45) is 5.73 Å². The van der Waals surface area contributed by atoms with Gasteiger partial charge in [0, 0.05) is 30.7 Å².